The van der Waals surface area contributed by atoms with Crippen molar-refractivity contribution >= 4 is 5.91 Å². The third kappa shape index (κ3) is 3.69. The van der Waals surface area contributed by atoms with Crippen molar-refractivity contribution in [3.05, 3.63) is 59.4 Å². The van der Waals surface area contributed by atoms with Crippen LogP contribution in [0.15, 0.2) is 36.7 Å². The first-order valence-electron chi connectivity index (χ1n) is 8.24. The van der Waals surface area contributed by atoms with Gasteiger partial charge in [0, 0.05) is 30.5 Å². The van der Waals surface area contributed by atoms with Crippen molar-refractivity contribution < 1.29 is 9.18 Å². The maximum atomic E-state index is 13.1. The summed E-state index contributed by atoms with van der Waals surface area (Å²) >= 11 is 0. The van der Waals surface area contributed by atoms with Crippen molar-refractivity contribution in [1.82, 2.24) is 14.9 Å². The molecule has 1 amide bonds. The normalized spacial score (nSPS) is 19.3. The molecular formula is C20H20FN3O. The van der Waals surface area contributed by atoms with Crippen LogP contribution in [0.25, 0.3) is 0 Å². The zero-order valence-electron chi connectivity index (χ0n) is 14.6. The molecule has 1 aromatic heterocycles. The highest BCUT2D eigenvalue weighted by Gasteiger charge is 2.39. The molecule has 1 unspecified atom stereocenters. The van der Waals surface area contributed by atoms with Gasteiger partial charge < -0.3 is 4.90 Å². The summed E-state index contributed by atoms with van der Waals surface area (Å²) in [5.74, 6) is 5.76. The van der Waals surface area contributed by atoms with E-state index in [1.54, 1.807) is 29.4 Å². The first kappa shape index (κ1) is 17.1. The number of carbonyl (C=O) groups excluding carboxylic acids is 1. The second-order valence-electron chi connectivity index (χ2n) is 6.89. The monoisotopic (exact) mass is 337 g/mol. The first-order valence-corrected chi connectivity index (χ1v) is 8.24. The molecule has 0 bridgehead atoms. The Morgan fingerprint density at radius 2 is 1.88 bits per heavy atom. The summed E-state index contributed by atoms with van der Waals surface area (Å²) in [6.45, 7) is 4.13. The molecule has 1 saturated heterocycles. The van der Waals surface area contributed by atoms with E-state index in [0.717, 1.165) is 12.8 Å². The fourth-order valence-corrected chi connectivity index (χ4v) is 2.85. The van der Waals surface area contributed by atoms with Gasteiger partial charge in [0.05, 0.1) is 11.5 Å². The van der Waals surface area contributed by atoms with E-state index in [0.29, 0.717) is 17.0 Å². The van der Waals surface area contributed by atoms with Gasteiger partial charge in [-0.1, -0.05) is 17.9 Å². The van der Waals surface area contributed by atoms with Gasteiger partial charge in [-0.3, -0.25) is 4.79 Å². The van der Waals surface area contributed by atoms with E-state index in [4.69, 9.17) is 0 Å². The number of hydrogen-bond donors (Lipinski definition) is 0. The maximum Gasteiger partial charge on any atom is 0.233 e. The zero-order valence-corrected chi connectivity index (χ0v) is 14.6. The Hall–Kier alpha value is -2.74. The van der Waals surface area contributed by atoms with Crippen LogP contribution in [0.2, 0.25) is 0 Å². The molecule has 1 aliphatic rings. The van der Waals surface area contributed by atoms with Crippen molar-refractivity contribution in [1.29, 1.82) is 0 Å². The highest BCUT2D eigenvalue weighted by molar-refractivity contribution is 5.84. The highest BCUT2D eigenvalue weighted by atomic mass is 19.1. The molecule has 5 heteroatoms. The lowest BCUT2D eigenvalue weighted by Gasteiger charge is -2.42. The third-order valence-corrected chi connectivity index (χ3v) is 4.74. The quantitative estimate of drug-likeness (QED) is 0.751. The van der Waals surface area contributed by atoms with E-state index in [1.807, 2.05) is 7.05 Å². The Labute approximate surface area is 147 Å². The Morgan fingerprint density at radius 1 is 1.20 bits per heavy atom. The number of hydrogen-bond acceptors (Lipinski definition) is 3. The van der Waals surface area contributed by atoms with Crippen LogP contribution in [0.5, 0.6) is 0 Å². The van der Waals surface area contributed by atoms with Crippen molar-refractivity contribution in [2.24, 2.45) is 0 Å². The molecule has 0 N–H and O–H groups in total. The molecule has 3 rings (SSSR count). The molecule has 0 spiro atoms. The van der Waals surface area contributed by atoms with Gasteiger partial charge in [0.15, 0.2) is 0 Å². The molecule has 1 aliphatic heterocycles. The summed E-state index contributed by atoms with van der Waals surface area (Å²) in [5.41, 5.74) is 1.09. The SMILES string of the molecule is CN1C(=O)C(c2ncc(C#Cc3cccc(F)c3)cn2)CCC1(C)C. The Bertz CT molecular complexity index is 849. The second-order valence-corrected chi connectivity index (χ2v) is 6.89. The lowest BCUT2D eigenvalue weighted by atomic mass is 9.84. The van der Waals surface area contributed by atoms with E-state index in [9.17, 15) is 9.18 Å². The predicted octanol–water partition coefficient (Wildman–Crippen LogP) is 3.13. The molecule has 25 heavy (non-hydrogen) atoms. The smallest absolute Gasteiger partial charge is 0.233 e. The molecule has 128 valence electrons. The average Bonchev–Trinajstić information content (AvgIpc) is 2.59. The predicted molar refractivity (Wildman–Crippen MR) is 93.2 cm³/mol. The molecule has 0 saturated carbocycles. The summed E-state index contributed by atoms with van der Waals surface area (Å²) in [5, 5.41) is 0. The van der Waals surface area contributed by atoms with Crippen LogP contribution in [0.4, 0.5) is 4.39 Å². The Balaban J connectivity index is 1.76. The number of piperidine rings is 1. The number of likely N-dealkylation sites (tertiary alicyclic amines) is 1. The number of carbonyl (C=O) groups is 1. The first-order chi connectivity index (χ1) is 11.9. The minimum atomic E-state index is -0.318. The third-order valence-electron chi connectivity index (χ3n) is 4.74. The van der Waals surface area contributed by atoms with Gasteiger partial charge in [0.25, 0.3) is 0 Å². The Kier molecular flexibility index (Phi) is 4.54. The zero-order chi connectivity index (χ0) is 18.0. The number of benzene rings is 1. The number of likely N-dealkylation sites (N-methyl/N-ethyl adjacent to an activating group) is 1. The number of amides is 1. The van der Waals surface area contributed by atoms with Crippen LogP contribution < -0.4 is 0 Å². The van der Waals surface area contributed by atoms with Crippen LogP contribution in [0, 0.1) is 17.7 Å². The lowest BCUT2D eigenvalue weighted by molar-refractivity contribution is -0.140. The van der Waals surface area contributed by atoms with Gasteiger partial charge in [-0.15, -0.1) is 0 Å². The largest absolute Gasteiger partial charge is 0.340 e. The molecule has 4 nitrogen and oxygen atoms in total. The summed E-state index contributed by atoms with van der Waals surface area (Å²) in [4.78, 5) is 23.0. The molecule has 0 aliphatic carbocycles. The molecule has 2 heterocycles. The van der Waals surface area contributed by atoms with Crippen LogP contribution in [-0.2, 0) is 4.79 Å². The summed E-state index contributed by atoms with van der Waals surface area (Å²) < 4.78 is 13.1. The fraction of sp³-hybridized carbons (Fsp3) is 0.350. The van der Waals surface area contributed by atoms with Crippen LogP contribution in [0.1, 0.15) is 49.6 Å². The molecule has 1 atom stereocenters. The van der Waals surface area contributed by atoms with Crippen molar-refractivity contribution in [3.63, 3.8) is 0 Å². The van der Waals surface area contributed by atoms with Crippen molar-refractivity contribution in [3.8, 4) is 11.8 Å². The molecular weight excluding hydrogens is 317 g/mol. The molecule has 0 radical (unpaired) electrons. The van der Waals surface area contributed by atoms with Crippen molar-refractivity contribution in [2.45, 2.75) is 38.1 Å². The van der Waals surface area contributed by atoms with Gasteiger partial charge in [0.2, 0.25) is 5.91 Å². The van der Waals surface area contributed by atoms with Gasteiger partial charge in [-0.05, 0) is 44.9 Å². The number of nitrogens with zero attached hydrogens (tertiary/aromatic N) is 3. The maximum absolute atomic E-state index is 13.1. The Morgan fingerprint density at radius 3 is 2.56 bits per heavy atom. The second kappa shape index (κ2) is 6.64. The number of rotatable bonds is 1. The van der Waals surface area contributed by atoms with E-state index >= 15 is 0 Å². The molecule has 1 fully saturated rings. The van der Waals surface area contributed by atoms with Crippen LogP contribution in [0.3, 0.4) is 0 Å². The lowest BCUT2D eigenvalue weighted by Crippen LogP contribution is -2.51. The van der Waals surface area contributed by atoms with Gasteiger partial charge in [-0.25, -0.2) is 14.4 Å². The van der Waals surface area contributed by atoms with Crippen molar-refractivity contribution in [2.75, 3.05) is 7.05 Å². The summed E-state index contributed by atoms with van der Waals surface area (Å²) in [6.07, 6.45) is 4.87. The van der Waals surface area contributed by atoms with E-state index in [1.165, 1.54) is 12.1 Å². The van der Waals surface area contributed by atoms with Gasteiger partial charge in [-0.2, -0.15) is 0 Å². The van der Waals surface area contributed by atoms with E-state index in [2.05, 4.69) is 35.7 Å². The summed E-state index contributed by atoms with van der Waals surface area (Å²) in [7, 11) is 1.83. The molecule has 2 aromatic rings. The number of halogens is 1. The minimum absolute atomic E-state index is 0.0508. The van der Waals surface area contributed by atoms with E-state index in [-0.39, 0.29) is 23.2 Å². The summed E-state index contributed by atoms with van der Waals surface area (Å²) in [6, 6.07) is 6.11. The fourth-order valence-electron chi connectivity index (χ4n) is 2.85. The molecule has 1 aromatic carbocycles. The van der Waals surface area contributed by atoms with Gasteiger partial charge in [0.1, 0.15) is 11.6 Å². The van der Waals surface area contributed by atoms with Crippen LogP contribution >= 0.6 is 0 Å². The minimum Gasteiger partial charge on any atom is -0.340 e. The standard InChI is InChI=1S/C20H20FN3O/c1-20(2)10-9-17(19(25)24(20)3)18-22-12-15(13-23-18)8-7-14-5-4-6-16(21)11-14/h4-6,11-13,17H,9-10H2,1-3H3. The average molecular weight is 337 g/mol. The van der Waals surface area contributed by atoms with E-state index < -0.39 is 0 Å². The number of aromatic nitrogens is 2. The van der Waals surface area contributed by atoms with Crippen LogP contribution in [-0.4, -0.2) is 33.4 Å². The van der Waals surface area contributed by atoms with Gasteiger partial charge >= 0.3 is 0 Å². The topological polar surface area (TPSA) is 46.1 Å². The highest BCUT2D eigenvalue weighted by Crippen LogP contribution is 2.34.